The van der Waals surface area contributed by atoms with Gasteiger partial charge >= 0.3 is 0 Å². The summed E-state index contributed by atoms with van der Waals surface area (Å²) < 4.78 is 1.14. The summed E-state index contributed by atoms with van der Waals surface area (Å²) in [5.41, 5.74) is 2.95. The number of pyridine rings is 1. The fourth-order valence-electron chi connectivity index (χ4n) is 4.29. The van der Waals surface area contributed by atoms with Gasteiger partial charge in [-0.3, -0.25) is 9.69 Å². The number of thiazole rings is 1. The van der Waals surface area contributed by atoms with Gasteiger partial charge < -0.3 is 5.32 Å². The second kappa shape index (κ2) is 10.5. The molecule has 0 saturated carbocycles. The molecule has 2 aromatic carbocycles. The van der Waals surface area contributed by atoms with E-state index in [-0.39, 0.29) is 11.9 Å². The molecule has 1 aliphatic rings. The Morgan fingerprint density at radius 1 is 1.18 bits per heavy atom. The average molecular weight is 507 g/mol. The molecule has 1 amide bonds. The van der Waals surface area contributed by atoms with E-state index in [1.807, 2.05) is 49.5 Å². The first-order valence-electron chi connectivity index (χ1n) is 11.2. The average Bonchev–Trinajstić information content (AvgIpc) is 3.42. The van der Waals surface area contributed by atoms with Crippen LogP contribution in [0.2, 0.25) is 0 Å². The number of nitrogens with one attached hydrogen (secondary N) is 1. The number of fused-ring (bicyclic) bond motifs is 1. The van der Waals surface area contributed by atoms with Crippen LogP contribution in [0, 0.1) is 6.92 Å². The number of carbonyl (C=O) groups is 1. The third-order valence-electron chi connectivity index (χ3n) is 5.90. The zero-order chi connectivity index (χ0) is 23.5. The SMILES string of the molecule is CSc1ccc(CN2C[C@H](Sc3ccccn3)C[C@H]2C(=O)Nc2ccc3sc(C)nc3c2)cc1. The number of aryl methyl sites for hydroxylation is 1. The molecule has 34 heavy (non-hydrogen) atoms. The fourth-order valence-corrected chi connectivity index (χ4v) is 6.67. The Balaban J connectivity index is 1.34. The number of hydrogen-bond donors (Lipinski definition) is 1. The van der Waals surface area contributed by atoms with E-state index in [2.05, 4.69) is 50.7 Å². The van der Waals surface area contributed by atoms with Crippen LogP contribution in [0.1, 0.15) is 17.0 Å². The molecule has 0 unspecified atom stereocenters. The maximum Gasteiger partial charge on any atom is 0.241 e. The maximum absolute atomic E-state index is 13.5. The first-order chi connectivity index (χ1) is 16.6. The lowest BCUT2D eigenvalue weighted by Crippen LogP contribution is -2.39. The number of likely N-dealkylation sites (tertiary alicyclic amines) is 1. The van der Waals surface area contributed by atoms with Gasteiger partial charge in [0.1, 0.15) is 0 Å². The molecule has 8 heteroatoms. The first-order valence-corrected chi connectivity index (χ1v) is 14.1. The van der Waals surface area contributed by atoms with Crippen molar-refractivity contribution < 1.29 is 4.79 Å². The molecule has 0 aliphatic carbocycles. The van der Waals surface area contributed by atoms with E-state index in [9.17, 15) is 4.79 Å². The van der Waals surface area contributed by atoms with Gasteiger partial charge in [0.2, 0.25) is 5.91 Å². The van der Waals surface area contributed by atoms with E-state index in [0.29, 0.717) is 5.25 Å². The molecule has 3 heterocycles. The first kappa shape index (κ1) is 23.4. The molecule has 5 rings (SSSR count). The number of hydrogen-bond acceptors (Lipinski definition) is 7. The minimum absolute atomic E-state index is 0.0381. The second-order valence-electron chi connectivity index (χ2n) is 8.34. The van der Waals surface area contributed by atoms with E-state index in [0.717, 1.165) is 45.4 Å². The Kier molecular flexibility index (Phi) is 7.20. The fraction of sp³-hybridized carbons (Fsp3) is 0.269. The van der Waals surface area contributed by atoms with Crippen LogP contribution >= 0.6 is 34.9 Å². The highest BCUT2D eigenvalue weighted by atomic mass is 32.2. The highest BCUT2D eigenvalue weighted by Crippen LogP contribution is 2.34. The maximum atomic E-state index is 13.5. The van der Waals surface area contributed by atoms with E-state index in [1.54, 1.807) is 34.9 Å². The summed E-state index contributed by atoms with van der Waals surface area (Å²) in [6.07, 6.45) is 4.69. The van der Waals surface area contributed by atoms with Gasteiger partial charge in [0.25, 0.3) is 0 Å². The number of amides is 1. The zero-order valence-electron chi connectivity index (χ0n) is 19.1. The Morgan fingerprint density at radius 3 is 2.79 bits per heavy atom. The minimum Gasteiger partial charge on any atom is -0.325 e. The van der Waals surface area contributed by atoms with Crippen molar-refractivity contribution in [3.8, 4) is 0 Å². The third kappa shape index (κ3) is 5.46. The van der Waals surface area contributed by atoms with Crippen LogP contribution in [0.15, 0.2) is 76.8 Å². The van der Waals surface area contributed by atoms with Gasteiger partial charge in [-0.05, 0) is 67.6 Å². The Morgan fingerprint density at radius 2 is 2.03 bits per heavy atom. The van der Waals surface area contributed by atoms with Gasteiger partial charge in [-0.2, -0.15) is 0 Å². The van der Waals surface area contributed by atoms with Gasteiger partial charge in [0, 0.05) is 35.1 Å². The van der Waals surface area contributed by atoms with Crippen molar-refractivity contribution >= 4 is 56.7 Å². The predicted octanol–water partition coefficient (Wildman–Crippen LogP) is 6.10. The summed E-state index contributed by atoms with van der Waals surface area (Å²) in [5, 5.41) is 5.50. The van der Waals surface area contributed by atoms with Crippen molar-refractivity contribution in [3.63, 3.8) is 0 Å². The van der Waals surface area contributed by atoms with Gasteiger partial charge in [0.05, 0.1) is 26.3 Å². The molecule has 0 spiro atoms. The standard InChI is InChI=1S/C26H26N4OS3/c1-17-28-22-13-19(8-11-24(22)33-17)29-26(31)23-14-21(34-25-5-3-4-12-27-25)16-30(23)15-18-6-9-20(32-2)10-7-18/h3-13,21,23H,14-16H2,1-2H3,(H,29,31)/t21-,23+/m1/s1. The van der Waals surface area contributed by atoms with E-state index in [1.165, 1.54) is 10.5 Å². The molecule has 5 nitrogen and oxygen atoms in total. The quantitative estimate of drug-likeness (QED) is 0.306. The lowest BCUT2D eigenvalue weighted by atomic mass is 10.1. The number of thioether (sulfide) groups is 2. The summed E-state index contributed by atoms with van der Waals surface area (Å²) >= 11 is 5.17. The van der Waals surface area contributed by atoms with E-state index in [4.69, 9.17) is 0 Å². The molecule has 4 aromatic rings. The van der Waals surface area contributed by atoms with Crippen LogP contribution in [0.5, 0.6) is 0 Å². The van der Waals surface area contributed by atoms with E-state index >= 15 is 0 Å². The Labute approximate surface area is 212 Å². The summed E-state index contributed by atoms with van der Waals surface area (Å²) in [7, 11) is 0. The normalized spacial score (nSPS) is 18.4. The van der Waals surface area contributed by atoms with Gasteiger partial charge in [-0.15, -0.1) is 34.9 Å². The Hall–Kier alpha value is -2.39. The summed E-state index contributed by atoms with van der Waals surface area (Å²) in [6, 6.07) is 20.4. The highest BCUT2D eigenvalue weighted by molar-refractivity contribution is 7.99. The predicted molar refractivity (Wildman–Crippen MR) is 144 cm³/mol. The monoisotopic (exact) mass is 506 g/mol. The largest absolute Gasteiger partial charge is 0.325 e. The molecule has 2 atom stereocenters. The lowest BCUT2D eigenvalue weighted by molar-refractivity contribution is -0.120. The van der Waals surface area contributed by atoms with Gasteiger partial charge in [0.15, 0.2) is 0 Å². The van der Waals surface area contributed by atoms with Crippen LogP contribution in [-0.2, 0) is 11.3 Å². The lowest BCUT2D eigenvalue weighted by Gasteiger charge is -2.23. The number of carbonyl (C=O) groups excluding carboxylic acids is 1. The molecular formula is C26H26N4OS3. The van der Waals surface area contributed by atoms with Crippen LogP contribution in [0.3, 0.4) is 0 Å². The number of aromatic nitrogens is 2. The van der Waals surface area contributed by atoms with Crippen LogP contribution in [0.25, 0.3) is 10.2 Å². The van der Waals surface area contributed by atoms with Gasteiger partial charge in [-0.25, -0.2) is 9.97 Å². The second-order valence-corrected chi connectivity index (χ2v) is 11.8. The van der Waals surface area contributed by atoms with E-state index < -0.39 is 0 Å². The molecule has 1 fully saturated rings. The van der Waals surface area contributed by atoms with Crippen molar-refractivity contribution in [1.29, 1.82) is 0 Å². The summed E-state index contributed by atoms with van der Waals surface area (Å²) in [4.78, 5) is 26.0. The summed E-state index contributed by atoms with van der Waals surface area (Å²) in [5.74, 6) is 0.0381. The smallest absolute Gasteiger partial charge is 0.241 e. The number of benzene rings is 2. The van der Waals surface area contributed by atoms with Crippen molar-refractivity contribution in [2.45, 2.75) is 41.1 Å². The van der Waals surface area contributed by atoms with Crippen LogP contribution in [-0.4, -0.2) is 44.9 Å². The molecule has 1 aliphatic heterocycles. The minimum atomic E-state index is -0.200. The highest BCUT2D eigenvalue weighted by Gasteiger charge is 2.37. The number of nitrogens with zero attached hydrogens (tertiary/aromatic N) is 3. The topological polar surface area (TPSA) is 58.1 Å². The van der Waals surface area contributed by atoms with Crippen molar-refractivity contribution in [2.75, 3.05) is 18.1 Å². The number of rotatable bonds is 7. The zero-order valence-corrected chi connectivity index (χ0v) is 21.6. The van der Waals surface area contributed by atoms with Crippen LogP contribution < -0.4 is 5.32 Å². The molecule has 1 saturated heterocycles. The Bertz CT molecular complexity index is 1280. The summed E-state index contributed by atoms with van der Waals surface area (Å²) in [6.45, 7) is 3.59. The van der Waals surface area contributed by atoms with Crippen molar-refractivity contribution in [3.05, 3.63) is 77.4 Å². The molecule has 0 radical (unpaired) electrons. The van der Waals surface area contributed by atoms with Crippen molar-refractivity contribution in [2.24, 2.45) is 0 Å². The molecule has 1 N–H and O–H groups in total. The van der Waals surface area contributed by atoms with Gasteiger partial charge in [-0.1, -0.05) is 18.2 Å². The molecular weight excluding hydrogens is 481 g/mol. The third-order valence-corrected chi connectivity index (χ3v) is 8.75. The van der Waals surface area contributed by atoms with Crippen molar-refractivity contribution in [1.82, 2.24) is 14.9 Å². The molecule has 174 valence electrons. The molecule has 2 aromatic heterocycles. The van der Waals surface area contributed by atoms with Crippen LogP contribution in [0.4, 0.5) is 5.69 Å². The molecule has 0 bridgehead atoms. The number of anilines is 1.